The summed E-state index contributed by atoms with van der Waals surface area (Å²) >= 11 is 0. The first-order chi connectivity index (χ1) is 8.06. The van der Waals surface area contributed by atoms with Crippen molar-refractivity contribution in [3.63, 3.8) is 0 Å². The summed E-state index contributed by atoms with van der Waals surface area (Å²) in [5.74, 6) is -2.18. The van der Waals surface area contributed by atoms with E-state index in [1.165, 1.54) is 6.20 Å². The summed E-state index contributed by atoms with van der Waals surface area (Å²) in [5.41, 5.74) is 1.16. The average Bonchev–Trinajstić information content (AvgIpc) is 2.29. The zero-order valence-corrected chi connectivity index (χ0v) is 10.6. The van der Waals surface area contributed by atoms with E-state index in [0.717, 1.165) is 11.6 Å². The van der Waals surface area contributed by atoms with Crippen molar-refractivity contribution in [3.8, 4) is 0 Å². The first-order valence-electron chi connectivity index (χ1n) is 5.09. The van der Waals surface area contributed by atoms with E-state index in [9.17, 15) is 14.7 Å². The van der Waals surface area contributed by atoms with Crippen LogP contribution in [0.3, 0.4) is 0 Å². The maximum absolute atomic E-state index is 11.3. The summed E-state index contributed by atoms with van der Waals surface area (Å²) in [7, 11) is 0. The van der Waals surface area contributed by atoms with Crippen molar-refractivity contribution in [1.29, 1.82) is 0 Å². The number of hydrogen-bond donors (Lipinski definition) is 1. The Morgan fingerprint density at radius 2 is 2.22 bits per heavy atom. The summed E-state index contributed by atoms with van der Waals surface area (Å²) in [4.78, 5) is 26.2. The summed E-state index contributed by atoms with van der Waals surface area (Å²) in [5, 5.41) is 9.68. The van der Waals surface area contributed by atoms with Crippen molar-refractivity contribution in [3.05, 3.63) is 35.7 Å². The zero-order chi connectivity index (χ0) is 12.8. The zero-order valence-electron chi connectivity index (χ0n) is 11.6. The SMILES string of the molecule is CCOC(=O)C(=O)C=C(O)c1cnccc1C.[H-].[Li+]. The van der Waals surface area contributed by atoms with Crippen LogP contribution in [-0.4, -0.2) is 28.4 Å². The molecule has 0 amide bonds. The van der Waals surface area contributed by atoms with E-state index in [1.54, 1.807) is 26.1 Å². The van der Waals surface area contributed by atoms with Gasteiger partial charge < -0.3 is 11.3 Å². The molecule has 1 rings (SSSR count). The number of ether oxygens (including phenoxy) is 1. The predicted molar refractivity (Wildman–Crippen MR) is 62.3 cm³/mol. The second-order valence-electron chi connectivity index (χ2n) is 3.30. The van der Waals surface area contributed by atoms with Gasteiger partial charge in [0.1, 0.15) is 5.76 Å². The van der Waals surface area contributed by atoms with Crippen LogP contribution < -0.4 is 18.9 Å². The third kappa shape index (κ3) is 4.36. The topological polar surface area (TPSA) is 76.5 Å². The van der Waals surface area contributed by atoms with Crippen LogP contribution in [0.25, 0.3) is 5.76 Å². The molecule has 0 saturated heterocycles. The van der Waals surface area contributed by atoms with Crippen molar-refractivity contribution in [2.75, 3.05) is 6.61 Å². The maximum atomic E-state index is 11.3. The van der Waals surface area contributed by atoms with E-state index >= 15 is 0 Å². The fraction of sp³-hybridized carbons (Fsp3) is 0.250. The van der Waals surface area contributed by atoms with E-state index in [4.69, 9.17) is 0 Å². The molecule has 0 fully saturated rings. The van der Waals surface area contributed by atoms with Crippen molar-refractivity contribution in [2.45, 2.75) is 13.8 Å². The first-order valence-corrected chi connectivity index (χ1v) is 5.09. The van der Waals surface area contributed by atoms with Crippen LogP contribution in [-0.2, 0) is 14.3 Å². The molecule has 92 valence electrons. The number of carbonyl (C=O) groups is 2. The fourth-order valence-electron chi connectivity index (χ4n) is 1.20. The molecule has 1 N–H and O–H groups in total. The molecule has 0 unspecified atom stereocenters. The van der Waals surface area contributed by atoms with E-state index in [-0.39, 0.29) is 32.7 Å². The molecule has 0 aliphatic heterocycles. The van der Waals surface area contributed by atoms with Crippen LogP contribution >= 0.6 is 0 Å². The van der Waals surface area contributed by atoms with Crippen LogP contribution in [0.2, 0.25) is 0 Å². The van der Waals surface area contributed by atoms with Gasteiger partial charge in [-0.1, -0.05) is 0 Å². The van der Waals surface area contributed by atoms with Crippen LogP contribution in [0.5, 0.6) is 0 Å². The Morgan fingerprint density at radius 3 is 2.78 bits per heavy atom. The number of nitrogens with zero attached hydrogens (tertiary/aromatic N) is 1. The normalized spacial score (nSPS) is 10.4. The number of aryl methyl sites for hydroxylation is 1. The average molecular weight is 243 g/mol. The van der Waals surface area contributed by atoms with E-state index < -0.39 is 11.8 Å². The molecule has 1 aromatic rings. The quantitative estimate of drug-likeness (QED) is 0.230. The van der Waals surface area contributed by atoms with Crippen LogP contribution in [0.15, 0.2) is 24.5 Å². The van der Waals surface area contributed by atoms with Gasteiger partial charge in [0.25, 0.3) is 5.78 Å². The van der Waals surface area contributed by atoms with Gasteiger partial charge in [0.05, 0.1) is 6.61 Å². The first kappa shape index (κ1) is 16.4. The number of aliphatic hydroxyl groups excluding tert-OH is 1. The standard InChI is InChI=1S/C12H13NO4.Li.H/c1-3-17-12(16)11(15)6-10(14)9-7-13-5-4-8(9)2;;/h4-7,14H,3H2,1-2H3;;/q;+1;-1. The van der Waals surface area contributed by atoms with Gasteiger partial charge in [-0.15, -0.1) is 0 Å². The Balaban J connectivity index is 0. The summed E-state index contributed by atoms with van der Waals surface area (Å²) in [6.45, 7) is 3.47. The molecule has 0 atom stereocenters. The Labute approximate surface area is 119 Å². The summed E-state index contributed by atoms with van der Waals surface area (Å²) in [6.07, 6.45) is 3.82. The molecular formula is C12H14LiNO4. The number of aromatic nitrogens is 1. The number of aliphatic hydroxyl groups is 1. The van der Waals surface area contributed by atoms with Gasteiger partial charge in [-0.05, 0) is 25.5 Å². The molecule has 6 heteroatoms. The number of rotatable bonds is 4. The van der Waals surface area contributed by atoms with Gasteiger partial charge in [-0.25, -0.2) is 4.79 Å². The van der Waals surface area contributed by atoms with Gasteiger partial charge in [0.15, 0.2) is 0 Å². The van der Waals surface area contributed by atoms with Gasteiger partial charge in [-0.2, -0.15) is 0 Å². The van der Waals surface area contributed by atoms with Crippen molar-refractivity contribution in [2.24, 2.45) is 0 Å². The molecule has 0 aliphatic rings. The molecule has 1 heterocycles. The largest absolute Gasteiger partial charge is 1.00 e. The fourth-order valence-corrected chi connectivity index (χ4v) is 1.20. The summed E-state index contributed by atoms with van der Waals surface area (Å²) in [6, 6.07) is 1.69. The Bertz CT molecular complexity index is 477. The third-order valence-electron chi connectivity index (χ3n) is 2.06. The Hall–Kier alpha value is -1.57. The van der Waals surface area contributed by atoms with E-state index in [2.05, 4.69) is 9.72 Å². The number of carbonyl (C=O) groups excluding carboxylic acids is 2. The van der Waals surface area contributed by atoms with Crippen molar-refractivity contribution >= 4 is 17.5 Å². The molecule has 0 radical (unpaired) electrons. The molecule has 0 aliphatic carbocycles. The molecule has 5 nitrogen and oxygen atoms in total. The summed E-state index contributed by atoms with van der Waals surface area (Å²) < 4.78 is 4.51. The minimum absolute atomic E-state index is 0. The monoisotopic (exact) mass is 243 g/mol. The predicted octanol–water partition coefficient (Wildman–Crippen LogP) is -1.46. The Morgan fingerprint density at radius 1 is 1.56 bits per heavy atom. The minimum atomic E-state index is -0.986. The Kier molecular flexibility index (Phi) is 7.02. The minimum Gasteiger partial charge on any atom is -1.00 e. The van der Waals surface area contributed by atoms with Gasteiger partial charge >= 0.3 is 24.8 Å². The molecular weight excluding hydrogens is 229 g/mol. The van der Waals surface area contributed by atoms with Crippen molar-refractivity contribution < 1.29 is 39.7 Å². The second-order valence-corrected chi connectivity index (χ2v) is 3.30. The number of hydrogen-bond acceptors (Lipinski definition) is 5. The molecule has 1 aromatic heterocycles. The van der Waals surface area contributed by atoms with Gasteiger partial charge in [-0.3, -0.25) is 9.78 Å². The molecule has 0 saturated carbocycles. The number of esters is 1. The van der Waals surface area contributed by atoms with Crippen molar-refractivity contribution in [1.82, 2.24) is 4.98 Å². The third-order valence-corrected chi connectivity index (χ3v) is 2.06. The van der Waals surface area contributed by atoms with E-state index in [1.807, 2.05) is 0 Å². The van der Waals surface area contributed by atoms with Crippen LogP contribution in [0.1, 0.15) is 19.5 Å². The second kappa shape index (κ2) is 7.70. The molecule has 18 heavy (non-hydrogen) atoms. The number of ketones is 1. The van der Waals surface area contributed by atoms with Crippen LogP contribution in [0.4, 0.5) is 0 Å². The van der Waals surface area contributed by atoms with Crippen LogP contribution in [0, 0.1) is 6.92 Å². The maximum Gasteiger partial charge on any atom is 1.00 e. The molecule has 0 spiro atoms. The number of pyridine rings is 1. The molecule has 0 bridgehead atoms. The molecule has 0 aromatic carbocycles. The van der Waals surface area contributed by atoms with E-state index in [0.29, 0.717) is 5.56 Å². The smallest absolute Gasteiger partial charge is 1.00 e. The van der Waals surface area contributed by atoms with Gasteiger partial charge in [0.2, 0.25) is 0 Å². The van der Waals surface area contributed by atoms with Gasteiger partial charge in [0, 0.05) is 24.0 Å².